The van der Waals surface area contributed by atoms with Crippen molar-refractivity contribution in [1.29, 1.82) is 0 Å². The molecule has 0 aliphatic rings. The Labute approximate surface area is 77.1 Å². The smallest absolute Gasteiger partial charge is 0.408 e. The zero-order valence-corrected chi connectivity index (χ0v) is 8.03. The molecule has 0 fully saturated rings. The highest BCUT2D eigenvalue weighted by Gasteiger charge is 2.18. The fourth-order valence-electron chi connectivity index (χ4n) is 0.582. The molecule has 0 rings (SSSR count). The van der Waals surface area contributed by atoms with Gasteiger partial charge < -0.3 is 20.0 Å². The van der Waals surface area contributed by atoms with Gasteiger partial charge in [0.2, 0.25) is 0 Å². The first-order valence-corrected chi connectivity index (χ1v) is 3.94. The predicted octanol–water partition coefficient (Wildman–Crippen LogP) is 0.0709. The van der Waals surface area contributed by atoms with Crippen LogP contribution in [-0.2, 0) is 9.53 Å². The second-order valence-electron chi connectivity index (χ2n) is 3.57. The van der Waals surface area contributed by atoms with Crippen molar-refractivity contribution in [2.24, 2.45) is 0 Å². The number of alkyl carbamates (subject to hydrolysis) is 1. The first kappa shape index (κ1) is 11.9. The van der Waals surface area contributed by atoms with Crippen molar-refractivity contribution < 1.29 is 19.4 Å². The second kappa shape index (κ2) is 4.81. The Morgan fingerprint density at radius 3 is 2.46 bits per heavy atom. The summed E-state index contributed by atoms with van der Waals surface area (Å²) >= 11 is 0. The molecular formula is C8H15NO4. The minimum Gasteiger partial charge on any atom is -0.444 e. The second-order valence-corrected chi connectivity index (χ2v) is 3.57. The molecule has 13 heavy (non-hydrogen) atoms. The van der Waals surface area contributed by atoms with Crippen LogP contribution in [0.5, 0.6) is 0 Å². The molecule has 2 N–H and O–H groups in total. The zero-order chi connectivity index (χ0) is 10.5. The van der Waals surface area contributed by atoms with Crippen molar-refractivity contribution in [3.05, 3.63) is 0 Å². The largest absolute Gasteiger partial charge is 0.444 e. The number of amides is 1. The predicted molar refractivity (Wildman–Crippen MR) is 46.3 cm³/mol. The molecule has 1 atom stereocenters. The van der Waals surface area contributed by atoms with Crippen LogP contribution in [0.1, 0.15) is 20.8 Å². The van der Waals surface area contributed by atoms with Gasteiger partial charge in [-0.2, -0.15) is 0 Å². The number of hydrogen-bond acceptors (Lipinski definition) is 4. The summed E-state index contributed by atoms with van der Waals surface area (Å²) in [6.07, 6.45) is -0.261. The summed E-state index contributed by atoms with van der Waals surface area (Å²) in [5.41, 5.74) is -0.604. The Kier molecular flexibility index (Phi) is 4.40. The van der Waals surface area contributed by atoms with Gasteiger partial charge in [-0.15, -0.1) is 0 Å². The van der Waals surface area contributed by atoms with E-state index in [0.717, 1.165) is 0 Å². The lowest BCUT2D eigenvalue weighted by atomic mass is 10.2. The highest BCUT2D eigenvalue weighted by molar-refractivity contribution is 5.73. The van der Waals surface area contributed by atoms with Gasteiger partial charge in [-0.1, -0.05) is 0 Å². The number of carbonyl (C=O) groups is 2. The number of nitrogens with one attached hydrogen (secondary N) is 1. The molecule has 0 unspecified atom stereocenters. The van der Waals surface area contributed by atoms with Crippen molar-refractivity contribution in [2.45, 2.75) is 32.4 Å². The van der Waals surface area contributed by atoms with E-state index in [-0.39, 0.29) is 0 Å². The molecule has 0 saturated heterocycles. The molecule has 0 aliphatic carbocycles. The molecule has 0 aromatic rings. The first-order chi connectivity index (χ1) is 5.89. The maximum absolute atomic E-state index is 11.0. The lowest BCUT2D eigenvalue weighted by Gasteiger charge is -2.20. The third kappa shape index (κ3) is 6.10. The molecule has 1 amide bonds. The van der Waals surface area contributed by atoms with Gasteiger partial charge in [0.1, 0.15) is 17.9 Å². The molecule has 0 aliphatic heterocycles. The Balaban J connectivity index is 3.93. The van der Waals surface area contributed by atoms with E-state index in [9.17, 15) is 9.59 Å². The number of aliphatic hydroxyl groups excluding tert-OH is 1. The van der Waals surface area contributed by atoms with Crippen molar-refractivity contribution in [3.63, 3.8) is 0 Å². The quantitative estimate of drug-likeness (QED) is 0.616. The van der Waals surface area contributed by atoms with Crippen molar-refractivity contribution >= 4 is 12.4 Å². The van der Waals surface area contributed by atoms with Crippen LogP contribution < -0.4 is 5.32 Å². The van der Waals surface area contributed by atoms with Crippen molar-refractivity contribution in [3.8, 4) is 0 Å². The standard InChI is InChI=1S/C8H15NO4/c1-8(2,3)13-7(12)9-6(4-10)5-11/h4,6,11H,5H2,1-3H3,(H,9,12)/t6-/m0/s1. The fraction of sp³-hybridized carbons (Fsp3) is 0.750. The molecule has 0 aromatic heterocycles. The molecule has 5 nitrogen and oxygen atoms in total. The van der Waals surface area contributed by atoms with Crippen LogP contribution in [-0.4, -0.2) is 35.7 Å². The van der Waals surface area contributed by atoms with Gasteiger partial charge in [0, 0.05) is 0 Å². The topological polar surface area (TPSA) is 75.6 Å². The molecule has 5 heteroatoms. The fourth-order valence-corrected chi connectivity index (χ4v) is 0.582. The number of rotatable bonds is 3. The molecule has 0 heterocycles. The number of carbonyl (C=O) groups excluding carboxylic acids is 2. The van der Waals surface area contributed by atoms with Gasteiger partial charge in [-0.25, -0.2) is 4.79 Å². The normalized spacial score (nSPS) is 13.2. The molecule has 76 valence electrons. The highest BCUT2D eigenvalue weighted by Crippen LogP contribution is 2.06. The molecule has 0 spiro atoms. The van der Waals surface area contributed by atoms with Gasteiger partial charge in [0.05, 0.1) is 6.61 Å². The average molecular weight is 189 g/mol. The number of ether oxygens (including phenoxy) is 1. The maximum atomic E-state index is 11.0. The van der Waals surface area contributed by atoms with E-state index in [2.05, 4.69) is 5.32 Å². The summed E-state index contributed by atoms with van der Waals surface area (Å²) in [7, 11) is 0. The summed E-state index contributed by atoms with van der Waals surface area (Å²) in [6, 6.07) is -0.894. The van der Waals surface area contributed by atoms with Crippen LogP contribution in [0.3, 0.4) is 0 Å². The van der Waals surface area contributed by atoms with Gasteiger partial charge in [-0.3, -0.25) is 0 Å². The van der Waals surface area contributed by atoms with E-state index in [0.29, 0.717) is 6.29 Å². The Morgan fingerprint density at radius 1 is 1.62 bits per heavy atom. The van der Waals surface area contributed by atoms with E-state index in [1.165, 1.54) is 0 Å². The minimum atomic E-state index is -0.894. The van der Waals surface area contributed by atoms with Crippen LogP contribution in [0.15, 0.2) is 0 Å². The summed E-state index contributed by atoms with van der Waals surface area (Å²) in [4.78, 5) is 21.2. The highest BCUT2D eigenvalue weighted by atomic mass is 16.6. The average Bonchev–Trinajstić information content (AvgIpc) is 1.96. The lowest BCUT2D eigenvalue weighted by molar-refractivity contribution is -0.110. The van der Waals surface area contributed by atoms with Crippen LogP contribution in [0.4, 0.5) is 4.79 Å². The third-order valence-electron chi connectivity index (χ3n) is 1.06. The number of hydrogen-bond donors (Lipinski definition) is 2. The van der Waals surface area contributed by atoms with Gasteiger partial charge in [-0.05, 0) is 20.8 Å². The van der Waals surface area contributed by atoms with E-state index in [1.807, 2.05) is 0 Å². The van der Waals surface area contributed by atoms with Crippen LogP contribution in [0.2, 0.25) is 0 Å². The Bertz CT molecular complexity index is 185. The summed E-state index contributed by atoms with van der Waals surface area (Å²) in [5, 5.41) is 10.8. The summed E-state index contributed by atoms with van der Waals surface area (Å²) < 4.78 is 4.85. The zero-order valence-electron chi connectivity index (χ0n) is 8.03. The molecule has 0 aromatic carbocycles. The van der Waals surface area contributed by atoms with E-state index >= 15 is 0 Å². The number of aliphatic hydroxyl groups is 1. The number of aldehydes is 1. The molecule has 0 saturated carbocycles. The Morgan fingerprint density at radius 2 is 2.15 bits per heavy atom. The van der Waals surface area contributed by atoms with Crippen LogP contribution in [0, 0.1) is 0 Å². The first-order valence-electron chi connectivity index (χ1n) is 3.94. The lowest BCUT2D eigenvalue weighted by Crippen LogP contribution is -2.41. The molecule has 0 bridgehead atoms. The Hall–Kier alpha value is -1.10. The third-order valence-corrected chi connectivity index (χ3v) is 1.06. The van der Waals surface area contributed by atoms with E-state index < -0.39 is 24.3 Å². The van der Waals surface area contributed by atoms with Crippen molar-refractivity contribution in [1.82, 2.24) is 5.32 Å². The van der Waals surface area contributed by atoms with Gasteiger partial charge in [0.25, 0.3) is 0 Å². The van der Waals surface area contributed by atoms with E-state index in [4.69, 9.17) is 9.84 Å². The minimum absolute atomic E-state index is 0.428. The molecular weight excluding hydrogens is 174 g/mol. The van der Waals surface area contributed by atoms with Crippen LogP contribution >= 0.6 is 0 Å². The monoisotopic (exact) mass is 189 g/mol. The maximum Gasteiger partial charge on any atom is 0.408 e. The summed E-state index contributed by atoms with van der Waals surface area (Å²) in [6.45, 7) is 4.70. The van der Waals surface area contributed by atoms with Gasteiger partial charge >= 0.3 is 6.09 Å². The van der Waals surface area contributed by atoms with Crippen molar-refractivity contribution in [2.75, 3.05) is 6.61 Å². The molecule has 0 radical (unpaired) electrons. The van der Waals surface area contributed by atoms with Gasteiger partial charge in [0.15, 0.2) is 0 Å². The summed E-state index contributed by atoms with van der Waals surface area (Å²) in [5.74, 6) is 0. The SMILES string of the molecule is CC(C)(C)OC(=O)N[C@@H](C=O)CO. The van der Waals surface area contributed by atoms with E-state index in [1.54, 1.807) is 20.8 Å². The van der Waals surface area contributed by atoms with Crippen LogP contribution in [0.25, 0.3) is 0 Å².